The van der Waals surface area contributed by atoms with Gasteiger partial charge in [0.05, 0.1) is 5.41 Å². The number of hydrogen-bond acceptors (Lipinski definition) is 5. The average Bonchev–Trinajstić information content (AvgIpc) is 3.03. The lowest BCUT2D eigenvalue weighted by atomic mass is 9.68. The van der Waals surface area contributed by atoms with Gasteiger partial charge in [-0.2, -0.15) is 0 Å². The van der Waals surface area contributed by atoms with E-state index in [0.29, 0.717) is 24.6 Å². The Kier molecular flexibility index (Phi) is 3.35. The highest BCUT2D eigenvalue weighted by Gasteiger charge is 2.53. The van der Waals surface area contributed by atoms with Crippen molar-refractivity contribution in [1.29, 1.82) is 0 Å². The fraction of sp³-hybridized carbons (Fsp3) is 0.750. The van der Waals surface area contributed by atoms with Crippen molar-refractivity contribution in [2.75, 3.05) is 18.0 Å². The van der Waals surface area contributed by atoms with Crippen LogP contribution in [0.2, 0.25) is 0 Å². The van der Waals surface area contributed by atoms with E-state index in [1.165, 1.54) is 0 Å². The third-order valence-corrected chi connectivity index (χ3v) is 5.43. The van der Waals surface area contributed by atoms with Gasteiger partial charge >= 0.3 is 5.97 Å². The maximum atomic E-state index is 12.6. The number of aromatic nitrogens is 2. The van der Waals surface area contributed by atoms with Gasteiger partial charge in [-0.3, -0.25) is 4.79 Å². The van der Waals surface area contributed by atoms with Crippen molar-refractivity contribution in [2.24, 2.45) is 11.3 Å². The summed E-state index contributed by atoms with van der Waals surface area (Å²) in [6.07, 6.45) is 0.855. The number of nitrogens with zero attached hydrogens (tertiary/aromatic N) is 3. The van der Waals surface area contributed by atoms with Crippen LogP contribution in [-0.2, 0) is 4.79 Å². The second-order valence-electron chi connectivity index (χ2n) is 5.51. The molecule has 1 saturated heterocycles. The minimum absolute atomic E-state index is 0.0765. The lowest BCUT2D eigenvalue weighted by molar-refractivity contribution is -0.152. The lowest BCUT2D eigenvalue weighted by Crippen LogP contribution is -2.41. The van der Waals surface area contributed by atoms with Crippen molar-refractivity contribution in [1.82, 2.24) is 10.2 Å². The van der Waals surface area contributed by atoms with Crippen LogP contribution >= 0.6 is 11.3 Å². The summed E-state index contributed by atoms with van der Waals surface area (Å²) in [6, 6.07) is 0. The molecular weight excluding hydrogens is 288 g/mol. The van der Waals surface area contributed by atoms with Crippen molar-refractivity contribution in [2.45, 2.75) is 32.1 Å². The molecule has 0 amide bonds. The molecule has 1 aromatic heterocycles. The third kappa shape index (κ3) is 2.06. The molecule has 2 atom stereocenters. The summed E-state index contributed by atoms with van der Waals surface area (Å²) in [4.78, 5) is 13.5. The molecule has 20 heavy (non-hydrogen) atoms. The number of carboxylic acids is 1. The molecular formula is C12H15F2N3O2S. The van der Waals surface area contributed by atoms with Gasteiger partial charge < -0.3 is 10.0 Å². The molecule has 110 valence electrons. The molecule has 0 bridgehead atoms. The first-order chi connectivity index (χ1) is 9.53. The van der Waals surface area contributed by atoms with Crippen molar-refractivity contribution in [3.8, 4) is 0 Å². The Balaban J connectivity index is 1.84. The van der Waals surface area contributed by atoms with E-state index in [4.69, 9.17) is 0 Å². The monoisotopic (exact) mass is 303 g/mol. The van der Waals surface area contributed by atoms with Crippen LogP contribution in [0.4, 0.5) is 13.9 Å². The van der Waals surface area contributed by atoms with Gasteiger partial charge in [-0.1, -0.05) is 24.2 Å². The molecule has 2 heterocycles. The van der Waals surface area contributed by atoms with E-state index in [-0.39, 0.29) is 10.9 Å². The number of fused-ring (bicyclic) bond motifs is 1. The van der Waals surface area contributed by atoms with Crippen molar-refractivity contribution >= 4 is 22.4 Å². The van der Waals surface area contributed by atoms with Crippen LogP contribution < -0.4 is 4.90 Å². The maximum absolute atomic E-state index is 12.6. The molecule has 1 aromatic rings. The SMILES string of the molecule is O=C(O)[C@@]12CCCC[C@@H]1CN(c1nnc(C(F)F)s1)C2. The van der Waals surface area contributed by atoms with Crippen LogP contribution in [0.25, 0.3) is 0 Å². The fourth-order valence-electron chi connectivity index (χ4n) is 3.39. The van der Waals surface area contributed by atoms with Crippen molar-refractivity contribution in [3.63, 3.8) is 0 Å². The molecule has 3 rings (SSSR count). The molecule has 0 spiro atoms. The van der Waals surface area contributed by atoms with Gasteiger partial charge in [0.1, 0.15) is 0 Å². The minimum Gasteiger partial charge on any atom is -0.481 e. The summed E-state index contributed by atoms with van der Waals surface area (Å²) in [6.45, 7) is 0.926. The van der Waals surface area contributed by atoms with Gasteiger partial charge in [0.25, 0.3) is 6.43 Å². The molecule has 5 nitrogen and oxygen atoms in total. The van der Waals surface area contributed by atoms with Crippen LogP contribution in [0.5, 0.6) is 0 Å². The molecule has 1 saturated carbocycles. The zero-order valence-electron chi connectivity index (χ0n) is 10.8. The topological polar surface area (TPSA) is 66.3 Å². The fourth-order valence-corrected chi connectivity index (χ4v) is 4.10. The number of carbonyl (C=O) groups is 1. The zero-order chi connectivity index (χ0) is 14.3. The molecule has 0 aromatic carbocycles. The highest BCUT2D eigenvalue weighted by molar-refractivity contribution is 7.15. The summed E-state index contributed by atoms with van der Waals surface area (Å²) in [5.41, 5.74) is -0.741. The second kappa shape index (κ2) is 4.91. The van der Waals surface area contributed by atoms with Gasteiger partial charge in [-0.05, 0) is 18.8 Å². The highest BCUT2D eigenvalue weighted by Crippen LogP contribution is 2.48. The van der Waals surface area contributed by atoms with Crippen LogP contribution in [0, 0.1) is 11.3 Å². The Labute approximate surface area is 118 Å². The number of aliphatic carboxylic acids is 1. The van der Waals surface area contributed by atoms with Gasteiger partial charge in [0, 0.05) is 13.1 Å². The molecule has 1 N–H and O–H groups in total. The van der Waals surface area contributed by atoms with E-state index >= 15 is 0 Å². The zero-order valence-corrected chi connectivity index (χ0v) is 11.6. The molecule has 1 aliphatic heterocycles. The van der Waals surface area contributed by atoms with Crippen molar-refractivity contribution in [3.05, 3.63) is 5.01 Å². The first-order valence-corrected chi connectivity index (χ1v) is 7.44. The van der Waals surface area contributed by atoms with Gasteiger partial charge in [0.2, 0.25) is 5.13 Å². The lowest BCUT2D eigenvalue weighted by Gasteiger charge is -2.34. The van der Waals surface area contributed by atoms with E-state index in [9.17, 15) is 18.7 Å². The molecule has 2 aliphatic rings. The first kappa shape index (κ1) is 13.7. The Morgan fingerprint density at radius 2 is 2.25 bits per heavy atom. The Morgan fingerprint density at radius 3 is 2.85 bits per heavy atom. The number of halogens is 2. The Bertz CT molecular complexity index is 525. The quantitative estimate of drug-likeness (QED) is 0.929. The number of alkyl halides is 2. The molecule has 2 fully saturated rings. The van der Waals surface area contributed by atoms with E-state index in [0.717, 1.165) is 30.6 Å². The van der Waals surface area contributed by atoms with Gasteiger partial charge in [0.15, 0.2) is 5.01 Å². The van der Waals surface area contributed by atoms with E-state index in [1.807, 2.05) is 4.90 Å². The summed E-state index contributed by atoms with van der Waals surface area (Å²) in [7, 11) is 0. The van der Waals surface area contributed by atoms with E-state index < -0.39 is 17.8 Å². The number of anilines is 1. The van der Waals surface area contributed by atoms with Crippen molar-refractivity contribution < 1.29 is 18.7 Å². The van der Waals surface area contributed by atoms with Crippen LogP contribution in [0.3, 0.4) is 0 Å². The third-order valence-electron chi connectivity index (χ3n) is 4.43. The molecule has 8 heteroatoms. The number of hydrogen-bond donors (Lipinski definition) is 1. The van der Waals surface area contributed by atoms with Crippen LogP contribution in [0.1, 0.15) is 37.1 Å². The van der Waals surface area contributed by atoms with E-state index in [2.05, 4.69) is 10.2 Å². The normalized spacial score (nSPS) is 29.8. The molecule has 0 radical (unpaired) electrons. The Hall–Kier alpha value is -1.31. The Morgan fingerprint density at radius 1 is 1.45 bits per heavy atom. The summed E-state index contributed by atoms with van der Waals surface area (Å²) in [5, 5.41) is 16.9. The van der Waals surface area contributed by atoms with Gasteiger partial charge in [-0.25, -0.2) is 8.78 Å². The standard InChI is InChI=1S/C12H15F2N3O2S/c13-8(14)9-15-16-11(20-9)17-5-7-3-1-2-4-12(7,6-17)10(18)19/h7-8H,1-6H2,(H,18,19)/t7-,12-/m1/s1. The largest absolute Gasteiger partial charge is 0.481 e. The predicted molar refractivity (Wildman–Crippen MR) is 69.1 cm³/mol. The number of carboxylic acid groups (broad SMARTS) is 1. The summed E-state index contributed by atoms with van der Waals surface area (Å²) >= 11 is 0.855. The minimum atomic E-state index is -2.63. The molecule has 1 aliphatic carbocycles. The van der Waals surface area contributed by atoms with Crippen LogP contribution in [0.15, 0.2) is 0 Å². The first-order valence-electron chi connectivity index (χ1n) is 6.63. The average molecular weight is 303 g/mol. The van der Waals surface area contributed by atoms with Gasteiger partial charge in [-0.15, -0.1) is 10.2 Å². The van der Waals surface area contributed by atoms with E-state index in [1.54, 1.807) is 0 Å². The second-order valence-corrected chi connectivity index (χ2v) is 6.50. The smallest absolute Gasteiger partial charge is 0.311 e. The molecule has 0 unspecified atom stereocenters. The summed E-state index contributed by atoms with van der Waals surface area (Å²) < 4.78 is 25.1. The van der Waals surface area contributed by atoms with Crippen LogP contribution in [-0.4, -0.2) is 34.4 Å². The predicted octanol–water partition coefficient (Wildman–Crippen LogP) is 2.56. The number of rotatable bonds is 3. The highest BCUT2D eigenvalue weighted by atomic mass is 32.1. The maximum Gasteiger partial charge on any atom is 0.311 e. The summed E-state index contributed by atoms with van der Waals surface area (Å²) in [5.74, 6) is -0.698.